The van der Waals surface area contributed by atoms with Gasteiger partial charge in [-0.25, -0.2) is 9.97 Å². The van der Waals surface area contributed by atoms with Gasteiger partial charge in [-0.1, -0.05) is 5.21 Å². The number of methoxy groups -OCH3 is 1. The van der Waals surface area contributed by atoms with Crippen molar-refractivity contribution < 1.29 is 9.53 Å². The summed E-state index contributed by atoms with van der Waals surface area (Å²) in [6.45, 7) is 2.76. The van der Waals surface area contributed by atoms with Crippen molar-refractivity contribution in [2.24, 2.45) is 7.05 Å². The van der Waals surface area contributed by atoms with Crippen LogP contribution in [0.2, 0.25) is 0 Å². The minimum Gasteiger partial charge on any atom is -0.480 e. The number of carbonyl (C=O) groups excluding carboxylic acids is 1. The molecule has 0 aliphatic carbocycles. The second kappa shape index (κ2) is 6.58. The van der Waals surface area contributed by atoms with Crippen molar-refractivity contribution in [2.75, 3.05) is 38.2 Å². The van der Waals surface area contributed by atoms with Gasteiger partial charge in [0.2, 0.25) is 5.88 Å². The third kappa shape index (κ3) is 2.92. The summed E-state index contributed by atoms with van der Waals surface area (Å²) >= 11 is 0. The summed E-state index contributed by atoms with van der Waals surface area (Å²) in [5.41, 5.74) is 2.29. The number of benzene rings is 1. The number of hydrogen-bond donors (Lipinski definition) is 0. The zero-order valence-corrected chi connectivity index (χ0v) is 14.7. The molecule has 3 aromatic rings. The van der Waals surface area contributed by atoms with E-state index in [1.807, 2.05) is 23.1 Å². The molecule has 0 bridgehead atoms. The molecule has 1 amide bonds. The first kappa shape index (κ1) is 16.2. The van der Waals surface area contributed by atoms with Gasteiger partial charge in [-0.2, -0.15) is 0 Å². The lowest BCUT2D eigenvalue weighted by Gasteiger charge is -2.35. The van der Waals surface area contributed by atoms with Crippen LogP contribution in [0, 0.1) is 0 Å². The number of aromatic nitrogens is 5. The third-order valence-electron chi connectivity index (χ3n) is 4.53. The molecule has 0 spiro atoms. The van der Waals surface area contributed by atoms with E-state index in [1.165, 1.54) is 11.0 Å². The number of nitrogens with zero attached hydrogens (tertiary/aromatic N) is 7. The molecule has 0 atom stereocenters. The number of carbonyl (C=O) groups is 1. The van der Waals surface area contributed by atoms with E-state index >= 15 is 0 Å². The molecule has 1 aliphatic rings. The van der Waals surface area contributed by atoms with Gasteiger partial charge in [0.25, 0.3) is 5.91 Å². The largest absolute Gasteiger partial charge is 0.480 e. The summed E-state index contributed by atoms with van der Waals surface area (Å²) in [6, 6.07) is 6.04. The molecular weight excluding hydrogens is 334 g/mol. The van der Waals surface area contributed by atoms with E-state index in [-0.39, 0.29) is 5.91 Å². The van der Waals surface area contributed by atoms with Crippen LogP contribution in [0.4, 0.5) is 5.69 Å². The molecule has 9 heteroatoms. The standard InChI is InChI=1S/C17H19N7O2/c1-22-10-15(20-21-22)17(25)24-7-5-23(6-8-24)12-3-4-14-13(9-12)16(26-2)19-11-18-14/h3-4,9-11H,5-8H2,1-2H3. The highest BCUT2D eigenvalue weighted by Crippen LogP contribution is 2.27. The van der Waals surface area contributed by atoms with Gasteiger partial charge in [0, 0.05) is 38.9 Å². The molecule has 0 saturated carbocycles. The fraction of sp³-hybridized carbons (Fsp3) is 0.353. The molecule has 9 nitrogen and oxygen atoms in total. The molecule has 1 fully saturated rings. The number of piperazine rings is 1. The van der Waals surface area contributed by atoms with Crippen LogP contribution in [0.5, 0.6) is 5.88 Å². The highest BCUT2D eigenvalue weighted by Gasteiger charge is 2.24. The Morgan fingerprint density at radius 2 is 1.96 bits per heavy atom. The Balaban J connectivity index is 1.49. The average molecular weight is 353 g/mol. The van der Waals surface area contributed by atoms with Crippen molar-refractivity contribution in [3.05, 3.63) is 36.4 Å². The molecule has 0 N–H and O–H groups in total. The van der Waals surface area contributed by atoms with E-state index in [0.29, 0.717) is 24.7 Å². The SMILES string of the molecule is COc1ncnc2ccc(N3CCN(C(=O)c4cn(C)nn4)CC3)cc12. The van der Waals surface area contributed by atoms with E-state index < -0.39 is 0 Å². The summed E-state index contributed by atoms with van der Waals surface area (Å²) < 4.78 is 6.87. The Kier molecular flexibility index (Phi) is 4.11. The van der Waals surface area contributed by atoms with Crippen LogP contribution >= 0.6 is 0 Å². The lowest BCUT2D eigenvalue weighted by Crippen LogP contribution is -2.48. The Bertz CT molecular complexity index is 947. The van der Waals surface area contributed by atoms with Crippen LogP contribution in [-0.4, -0.2) is 69.1 Å². The van der Waals surface area contributed by atoms with Crippen LogP contribution in [0.3, 0.4) is 0 Å². The van der Waals surface area contributed by atoms with Gasteiger partial charge in [-0.15, -0.1) is 5.10 Å². The fourth-order valence-electron chi connectivity index (χ4n) is 3.16. The zero-order chi connectivity index (χ0) is 18.1. The maximum absolute atomic E-state index is 12.5. The molecule has 2 aromatic heterocycles. The molecule has 1 saturated heterocycles. The van der Waals surface area contributed by atoms with Gasteiger partial charge in [-0.05, 0) is 18.2 Å². The van der Waals surface area contributed by atoms with Crippen LogP contribution in [0.25, 0.3) is 10.9 Å². The first-order chi connectivity index (χ1) is 12.7. The third-order valence-corrected chi connectivity index (χ3v) is 4.53. The molecule has 1 aliphatic heterocycles. The highest BCUT2D eigenvalue weighted by atomic mass is 16.5. The first-order valence-corrected chi connectivity index (χ1v) is 8.35. The number of ether oxygens (including phenoxy) is 1. The quantitative estimate of drug-likeness (QED) is 0.686. The number of fused-ring (bicyclic) bond motifs is 1. The predicted octanol–water partition coefficient (Wildman–Crippen LogP) is 0.729. The molecule has 26 heavy (non-hydrogen) atoms. The Morgan fingerprint density at radius 3 is 2.65 bits per heavy atom. The first-order valence-electron chi connectivity index (χ1n) is 8.35. The summed E-state index contributed by atoms with van der Waals surface area (Å²) in [6.07, 6.45) is 3.14. The van der Waals surface area contributed by atoms with E-state index in [0.717, 1.165) is 29.7 Å². The van der Waals surface area contributed by atoms with E-state index in [9.17, 15) is 4.79 Å². The van der Waals surface area contributed by atoms with Crippen molar-refractivity contribution >= 4 is 22.5 Å². The minimum atomic E-state index is -0.0775. The van der Waals surface area contributed by atoms with Gasteiger partial charge in [-0.3, -0.25) is 9.48 Å². The average Bonchev–Trinajstić information content (AvgIpc) is 3.13. The van der Waals surface area contributed by atoms with Crippen molar-refractivity contribution in [1.82, 2.24) is 29.9 Å². The smallest absolute Gasteiger partial charge is 0.276 e. The van der Waals surface area contributed by atoms with Crippen LogP contribution in [0.1, 0.15) is 10.5 Å². The summed E-state index contributed by atoms with van der Waals surface area (Å²) in [5, 5.41) is 8.61. The highest BCUT2D eigenvalue weighted by molar-refractivity contribution is 5.92. The maximum Gasteiger partial charge on any atom is 0.276 e. The van der Waals surface area contributed by atoms with Gasteiger partial charge in [0.15, 0.2) is 5.69 Å². The van der Waals surface area contributed by atoms with E-state index in [4.69, 9.17) is 4.74 Å². The number of amides is 1. The molecule has 0 unspecified atom stereocenters. The summed E-state index contributed by atoms with van der Waals surface area (Å²) in [7, 11) is 3.35. The fourth-order valence-corrected chi connectivity index (χ4v) is 3.16. The van der Waals surface area contributed by atoms with Crippen LogP contribution in [-0.2, 0) is 7.05 Å². The van der Waals surface area contributed by atoms with Gasteiger partial charge in [0.1, 0.15) is 6.33 Å². The van der Waals surface area contributed by atoms with Crippen molar-refractivity contribution in [1.29, 1.82) is 0 Å². The molecular formula is C17H19N7O2. The summed E-state index contributed by atoms with van der Waals surface area (Å²) in [5.74, 6) is 0.486. The predicted molar refractivity (Wildman–Crippen MR) is 95.2 cm³/mol. The van der Waals surface area contributed by atoms with Crippen molar-refractivity contribution in [3.8, 4) is 5.88 Å². The van der Waals surface area contributed by atoms with Crippen molar-refractivity contribution in [3.63, 3.8) is 0 Å². The molecule has 4 rings (SSSR count). The van der Waals surface area contributed by atoms with Crippen molar-refractivity contribution in [2.45, 2.75) is 0 Å². The second-order valence-corrected chi connectivity index (χ2v) is 6.14. The lowest BCUT2D eigenvalue weighted by molar-refractivity contribution is 0.0740. The van der Waals surface area contributed by atoms with Gasteiger partial charge >= 0.3 is 0 Å². The topological polar surface area (TPSA) is 89.3 Å². The van der Waals surface area contributed by atoms with Gasteiger partial charge < -0.3 is 14.5 Å². The summed E-state index contributed by atoms with van der Waals surface area (Å²) in [4.78, 5) is 25.0. The maximum atomic E-state index is 12.5. The number of anilines is 1. The number of hydrogen-bond acceptors (Lipinski definition) is 7. The van der Waals surface area contributed by atoms with Crippen LogP contribution < -0.4 is 9.64 Å². The minimum absolute atomic E-state index is 0.0775. The monoisotopic (exact) mass is 353 g/mol. The Labute approximate surface area is 150 Å². The molecule has 134 valence electrons. The van der Waals surface area contributed by atoms with Gasteiger partial charge in [0.05, 0.1) is 24.2 Å². The lowest BCUT2D eigenvalue weighted by atomic mass is 10.2. The normalized spacial score (nSPS) is 14.7. The van der Waals surface area contributed by atoms with E-state index in [2.05, 4.69) is 25.2 Å². The number of aryl methyl sites for hydroxylation is 1. The molecule has 3 heterocycles. The molecule has 0 radical (unpaired) electrons. The number of rotatable bonds is 3. The van der Waals surface area contributed by atoms with Crippen LogP contribution in [0.15, 0.2) is 30.7 Å². The zero-order valence-electron chi connectivity index (χ0n) is 14.7. The van der Waals surface area contributed by atoms with E-state index in [1.54, 1.807) is 20.4 Å². The molecule has 1 aromatic carbocycles. The second-order valence-electron chi connectivity index (χ2n) is 6.14. The Hall–Kier alpha value is -3.23. The Morgan fingerprint density at radius 1 is 1.15 bits per heavy atom.